The van der Waals surface area contributed by atoms with Crippen molar-refractivity contribution in [3.8, 4) is 0 Å². The van der Waals surface area contributed by atoms with Crippen molar-refractivity contribution in [1.29, 1.82) is 0 Å². The molecule has 1 aromatic heterocycles. The Kier molecular flexibility index (Phi) is 4.36. The minimum Gasteiger partial charge on any atom is -0.383 e. The van der Waals surface area contributed by atoms with Crippen LogP contribution in [0.25, 0.3) is 0 Å². The van der Waals surface area contributed by atoms with Crippen molar-refractivity contribution in [1.82, 2.24) is 10.4 Å². The van der Waals surface area contributed by atoms with Crippen molar-refractivity contribution in [2.24, 2.45) is 5.84 Å². The van der Waals surface area contributed by atoms with E-state index in [1.807, 2.05) is 0 Å². The lowest BCUT2D eigenvalue weighted by Gasteiger charge is -2.19. The molecule has 0 fully saturated rings. The molecule has 7 heteroatoms. The summed E-state index contributed by atoms with van der Waals surface area (Å²) in [6.07, 6.45) is 1.42. The third-order valence-electron chi connectivity index (χ3n) is 2.66. The summed E-state index contributed by atoms with van der Waals surface area (Å²) >= 11 is 9.18. The Hall–Kier alpha value is -1.21. The fraction of sp³-hybridized carbons (Fsp3) is 0.0833. The van der Waals surface area contributed by atoms with Crippen LogP contribution in [-0.4, -0.2) is 4.98 Å². The van der Waals surface area contributed by atoms with Crippen molar-refractivity contribution in [2.75, 3.05) is 5.73 Å². The van der Waals surface area contributed by atoms with Gasteiger partial charge in [-0.3, -0.25) is 5.84 Å². The van der Waals surface area contributed by atoms with Gasteiger partial charge in [0.15, 0.2) is 0 Å². The smallest absolute Gasteiger partial charge is 0.128 e. The maximum atomic E-state index is 13.9. The molecule has 5 N–H and O–H groups in total. The molecule has 1 unspecified atom stereocenters. The topological polar surface area (TPSA) is 77.0 Å². The molecule has 100 valence electrons. The van der Waals surface area contributed by atoms with Gasteiger partial charge in [0, 0.05) is 21.8 Å². The predicted octanol–water partition coefficient (Wildman–Crippen LogP) is 2.77. The SMILES string of the molecule is NNC(c1cc(Br)ccc1F)c1cc(Cl)cnc1N. The maximum absolute atomic E-state index is 13.9. The summed E-state index contributed by atoms with van der Waals surface area (Å²) in [7, 11) is 0. The molecule has 1 atom stereocenters. The van der Waals surface area contributed by atoms with E-state index in [1.165, 1.54) is 12.3 Å². The number of rotatable bonds is 3. The molecule has 0 radical (unpaired) electrons. The molecule has 0 amide bonds. The quantitative estimate of drug-likeness (QED) is 0.590. The third kappa shape index (κ3) is 3.03. The van der Waals surface area contributed by atoms with E-state index >= 15 is 0 Å². The van der Waals surface area contributed by atoms with Crippen LogP contribution in [0.1, 0.15) is 17.2 Å². The summed E-state index contributed by atoms with van der Waals surface area (Å²) in [5.74, 6) is 5.36. The van der Waals surface area contributed by atoms with Crippen LogP contribution in [-0.2, 0) is 0 Å². The molecule has 0 saturated heterocycles. The maximum Gasteiger partial charge on any atom is 0.128 e. The molecule has 1 heterocycles. The summed E-state index contributed by atoms with van der Waals surface area (Å²) in [4.78, 5) is 3.94. The highest BCUT2D eigenvalue weighted by Crippen LogP contribution is 2.30. The van der Waals surface area contributed by atoms with Gasteiger partial charge in [0.05, 0.1) is 11.1 Å². The molecule has 0 saturated carbocycles. The Labute approximate surface area is 123 Å². The van der Waals surface area contributed by atoms with E-state index in [1.54, 1.807) is 18.2 Å². The van der Waals surface area contributed by atoms with Crippen molar-refractivity contribution in [3.63, 3.8) is 0 Å². The molecule has 0 aliphatic heterocycles. The number of aromatic nitrogens is 1. The van der Waals surface area contributed by atoms with Crippen molar-refractivity contribution in [3.05, 3.63) is 56.9 Å². The van der Waals surface area contributed by atoms with Gasteiger partial charge in [-0.05, 0) is 24.3 Å². The number of benzene rings is 1. The number of nitrogens with zero attached hydrogens (tertiary/aromatic N) is 1. The van der Waals surface area contributed by atoms with Crippen molar-refractivity contribution in [2.45, 2.75) is 6.04 Å². The zero-order chi connectivity index (χ0) is 14.0. The van der Waals surface area contributed by atoms with Gasteiger partial charge in [-0.1, -0.05) is 27.5 Å². The zero-order valence-corrected chi connectivity index (χ0v) is 12.0. The molecule has 0 bridgehead atoms. The highest BCUT2D eigenvalue weighted by molar-refractivity contribution is 9.10. The normalized spacial score (nSPS) is 12.4. The van der Waals surface area contributed by atoms with Gasteiger partial charge >= 0.3 is 0 Å². The minimum atomic E-state index is -0.635. The summed E-state index contributed by atoms with van der Waals surface area (Å²) in [6, 6.07) is 5.54. The van der Waals surface area contributed by atoms with Crippen LogP contribution < -0.4 is 17.0 Å². The standard InChI is InChI=1S/C12H11BrClFN4/c13-6-1-2-10(15)8(3-6)11(19-17)9-4-7(14)5-18-12(9)16/h1-5,11,19H,17H2,(H2,16,18). The average molecular weight is 346 g/mol. The Morgan fingerprint density at radius 3 is 2.74 bits per heavy atom. The fourth-order valence-electron chi connectivity index (χ4n) is 1.78. The van der Waals surface area contributed by atoms with Crippen LogP contribution in [0.3, 0.4) is 0 Å². The van der Waals surface area contributed by atoms with E-state index in [4.69, 9.17) is 23.2 Å². The number of nitrogens with one attached hydrogen (secondary N) is 1. The van der Waals surface area contributed by atoms with Gasteiger partial charge in [-0.15, -0.1) is 0 Å². The Morgan fingerprint density at radius 1 is 1.32 bits per heavy atom. The minimum absolute atomic E-state index is 0.242. The summed E-state index contributed by atoms with van der Waals surface area (Å²) < 4.78 is 14.6. The Balaban J connectivity index is 2.55. The second-order valence-corrected chi connectivity index (χ2v) is 5.25. The Morgan fingerprint density at radius 2 is 2.05 bits per heavy atom. The lowest BCUT2D eigenvalue weighted by Crippen LogP contribution is -2.30. The zero-order valence-electron chi connectivity index (χ0n) is 9.70. The lowest BCUT2D eigenvalue weighted by atomic mass is 9.99. The van der Waals surface area contributed by atoms with Crippen LogP contribution in [0.2, 0.25) is 5.02 Å². The van der Waals surface area contributed by atoms with Gasteiger partial charge in [0.2, 0.25) is 0 Å². The number of hydrogen-bond acceptors (Lipinski definition) is 4. The highest BCUT2D eigenvalue weighted by Gasteiger charge is 2.20. The molecule has 0 aliphatic rings. The summed E-state index contributed by atoms with van der Waals surface area (Å²) in [6.45, 7) is 0. The predicted molar refractivity (Wildman–Crippen MR) is 76.9 cm³/mol. The largest absolute Gasteiger partial charge is 0.383 e. The van der Waals surface area contributed by atoms with Crippen molar-refractivity contribution < 1.29 is 4.39 Å². The number of hydrazine groups is 1. The lowest BCUT2D eigenvalue weighted by molar-refractivity contribution is 0.560. The molecule has 1 aromatic carbocycles. The van der Waals surface area contributed by atoms with Gasteiger partial charge < -0.3 is 5.73 Å². The highest BCUT2D eigenvalue weighted by atomic mass is 79.9. The van der Waals surface area contributed by atoms with E-state index in [2.05, 4.69) is 26.3 Å². The number of pyridine rings is 1. The fourth-order valence-corrected chi connectivity index (χ4v) is 2.32. The monoisotopic (exact) mass is 344 g/mol. The second kappa shape index (κ2) is 5.83. The van der Waals surface area contributed by atoms with E-state index in [9.17, 15) is 4.39 Å². The molecule has 0 aliphatic carbocycles. The van der Waals surface area contributed by atoms with Crippen LogP contribution >= 0.6 is 27.5 Å². The van der Waals surface area contributed by atoms with Crippen molar-refractivity contribution >= 4 is 33.3 Å². The number of hydrogen-bond donors (Lipinski definition) is 3. The molecule has 0 spiro atoms. The molecule has 19 heavy (non-hydrogen) atoms. The number of anilines is 1. The van der Waals surface area contributed by atoms with E-state index in [0.29, 0.717) is 16.1 Å². The molecular formula is C12H11BrClFN4. The molecule has 2 rings (SSSR count). The first kappa shape index (κ1) is 14.2. The summed E-state index contributed by atoms with van der Waals surface area (Å²) in [5.41, 5.74) is 9.20. The van der Waals surface area contributed by atoms with Gasteiger partial charge in [-0.2, -0.15) is 0 Å². The van der Waals surface area contributed by atoms with E-state index in [-0.39, 0.29) is 5.82 Å². The average Bonchev–Trinajstić information content (AvgIpc) is 2.38. The Bertz CT molecular complexity index is 557. The van der Waals surface area contributed by atoms with Gasteiger partial charge in [0.1, 0.15) is 11.6 Å². The molecule has 2 aromatic rings. The van der Waals surface area contributed by atoms with E-state index in [0.717, 1.165) is 4.47 Å². The summed E-state index contributed by atoms with van der Waals surface area (Å²) in [5, 5.41) is 0.403. The first-order valence-corrected chi connectivity index (χ1v) is 6.52. The third-order valence-corrected chi connectivity index (χ3v) is 3.36. The van der Waals surface area contributed by atoms with Crippen LogP contribution in [0.15, 0.2) is 34.9 Å². The molecular weight excluding hydrogens is 335 g/mol. The first-order valence-electron chi connectivity index (χ1n) is 5.35. The first-order chi connectivity index (χ1) is 9.02. The van der Waals surface area contributed by atoms with Gasteiger partial charge in [0.25, 0.3) is 0 Å². The number of nitrogens with two attached hydrogens (primary N) is 2. The van der Waals surface area contributed by atoms with E-state index < -0.39 is 11.9 Å². The van der Waals surface area contributed by atoms with Crippen LogP contribution in [0, 0.1) is 5.82 Å². The number of halogens is 3. The second-order valence-electron chi connectivity index (χ2n) is 3.89. The van der Waals surface area contributed by atoms with Crippen LogP contribution in [0.5, 0.6) is 0 Å². The van der Waals surface area contributed by atoms with Gasteiger partial charge in [-0.25, -0.2) is 14.8 Å². The number of nitrogen functional groups attached to an aromatic ring is 1. The molecule has 4 nitrogen and oxygen atoms in total. The van der Waals surface area contributed by atoms with Crippen LogP contribution in [0.4, 0.5) is 10.2 Å².